The van der Waals surface area contributed by atoms with Gasteiger partial charge in [0.2, 0.25) is 0 Å². The first-order valence-corrected chi connectivity index (χ1v) is 7.28. The molecule has 4 heteroatoms. The van der Waals surface area contributed by atoms with Gasteiger partial charge < -0.3 is 5.32 Å². The molecule has 102 valence electrons. The van der Waals surface area contributed by atoms with Crippen molar-refractivity contribution in [3.63, 3.8) is 0 Å². The molecule has 0 amide bonds. The van der Waals surface area contributed by atoms with E-state index < -0.39 is 0 Å². The highest BCUT2D eigenvalue weighted by Crippen LogP contribution is 2.39. The third-order valence-electron chi connectivity index (χ3n) is 3.35. The summed E-state index contributed by atoms with van der Waals surface area (Å²) in [5.41, 5.74) is 5.04. The van der Waals surface area contributed by atoms with Gasteiger partial charge in [-0.15, -0.1) is 0 Å². The lowest BCUT2D eigenvalue weighted by atomic mass is 10.0. The number of nitrogens with zero attached hydrogens (tertiary/aromatic N) is 1. The highest BCUT2D eigenvalue weighted by atomic mass is 35.5. The van der Waals surface area contributed by atoms with Crippen molar-refractivity contribution in [2.45, 2.75) is 34.1 Å². The Morgan fingerprint density at radius 2 is 1.89 bits per heavy atom. The number of anilines is 1. The van der Waals surface area contributed by atoms with Gasteiger partial charge in [0.25, 0.3) is 0 Å². The molecule has 0 unspecified atom stereocenters. The van der Waals surface area contributed by atoms with Gasteiger partial charge in [-0.2, -0.15) is 0 Å². The Morgan fingerprint density at radius 1 is 1.21 bits per heavy atom. The molecule has 1 N–H and O–H groups in total. The van der Waals surface area contributed by atoms with Crippen LogP contribution in [0.1, 0.15) is 30.7 Å². The SMILES string of the molecule is CCNc1c(CC)c(C)nc2c(Cl)cc(C)c(Cl)c12. The molecular formula is C15H18Cl2N2. The summed E-state index contributed by atoms with van der Waals surface area (Å²) >= 11 is 12.8. The van der Waals surface area contributed by atoms with Crippen molar-refractivity contribution in [2.75, 3.05) is 11.9 Å². The van der Waals surface area contributed by atoms with Gasteiger partial charge in [0.1, 0.15) is 0 Å². The monoisotopic (exact) mass is 296 g/mol. The number of rotatable bonds is 3. The smallest absolute Gasteiger partial charge is 0.0927 e. The fraction of sp³-hybridized carbons (Fsp3) is 0.400. The number of hydrogen-bond donors (Lipinski definition) is 1. The zero-order valence-corrected chi connectivity index (χ0v) is 13.2. The van der Waals surface area contributed by atoms with E-state index in [1.807, 2.05) is 19.9 Å². The molecule has 1 heterocycles. The van der Waals surface area contributed by atoms with Crippen LogP contribution >= 0.6 is 23.2 Å². The Hall–Kier alpha value is -0.990. The standard InChI is InChI=1S/C15H18Cl2N2/c1-5-10-9(4)19-15-11(16)7-8(3)13(17)12(15)14(10)18-6-2/h7H,5-6H2,1-4H3,(H,18,19). The lowest BCUT2D eigenvalue weighted by Gasteiger charge is -2.17. The molecule has 1 aromatic carbocycles. The summed E-state index contributed by atoms with van der Waals surface area (Å²) in [6.07, 6.45) is 0.916. The molecular weight excluding hydrogens is 279 g/mol. The number of aryl methyl sites for hydroxylation is 2. The second-order valence-electron chi connectivity index (χ2n) is 4.65. The second kappa shape index (κ2) is 5.56. The number of aromatic nitrogens is 1. The Bertz CT molecular complexity index is 636. The molecule has 2 aromatic rings. The number of pyridine rings is 1. The minimum Gasteiger partial charge on any atom is -0.384 e. The summed E-state index contributed by atoms with van der Waals surface area (Å²) in [5, 5.41) is 5.75. The maximum atomic E-state index is 6.48. The zero-order valence-electron chi connectivity index (χ0n) is 11.7. The van der Waals surface area contributed by atoms with Crippen molar-refractivity contribution in [2.24, 2.45) is 0 Å². The summed E-state index contributed by atoms with van der Waals surface area (Å²) in [7, 11) is 0. The molecule has 1 aromatic heterocycles. The molecule has 0 bridgehead atoms. The van der Waals surface area contributed by atoms with Crippen LogP contribution < -0.4 is 5.32 Å². The number of benzene rings is 1. The van der Waals surface area contributed by atoms with Crippen molar-refractivity contribution in [1.82, 2.24) is 4.98 Å². The predicted molar refractivity (Wildman–Crippen MR) is 84.8 cm³/mol. The zero-order chi connectivity index (χ0) is 14.2. The van der Waals surface area contributed by atoms with E-state index in [9.17, 15) is 0 Å². The number of fused-ring (bicyclic) bond motifs is 1. The van der Waals surface area contributed by atoms with Crippen LogP contribution in [0.25, 0.3) is 10.9 Å². The average molecular weight is 297 g/mol. The molecule has 0 radical (unpaired) electrons. The topological polar surface area (TPSA) is 24.9 Å². The molecule has 2 nitrogen and oxygen atoms in total. The third kappa shape index (κ3) is 2.39. The van der Waals surface area contributed by atoms with E-state index >= 15 is 0 Å². The van der Waals surface area contributed by atoms with Crippen molar-refractivity contribution in [3.8, 4) is 0 Å². The lowest BCUT2D eigenvalue weighted by molar-refractivity contribution is 1.06. The first-order chi connectivity index (χ1) is 9.01. The van der Waals surface area contributed by atoms with Crippen LogP contribution in [0.3, 0.4) is 0 Å². The maximum absolute atomic E-state index is 6.48. The first-order valence-electron chi connectivity index (χ1n) is 6.52. The number of nitrogens with one attached hydrogen (secondary N) is 1. The van der Waals surface area contributed by atoms with Gasteiger partial charge in [0, 0.05) is 17.6 Å². The Morgan fingerprint density at radius 3 is 2.47 bits per heavy atom. The van der Waals surface area contributed by atoms with Gasteiger partial charge in [-0.1, -0.05) is 30.1 Å². The summed E-state index contributed by atoms with van der Waals surface area (Å²) in [6.45, 7) is 9.03. The van der Waals surface area contributed by atoms with E-state index in [2.05, 4.69) is 24.1 Å². The first kappa shape index (κ1) is 14.4. The fourth-order valence-corrected chi connectivity index (χ4v) is 2.99. The van der Waals surface area contributed by atoms with Gasteiger partial charge in [0.05, 0.1) is 21.2 Å². The van der Waals surface area contributed by atoms with Crippen molar-refractivity contribution >= 4 is 39.8 Å². The Labute approximate surface area is 124 Å². The number of hydrogen-bond acceptors (Lipinski definition) is 2. The van der Waals surface area contributed by atoms with E-state index in [0.29, 0.717) is 5.02 Å². The summed E-state index contributed by atoms with van der Waals surface area (Å²) in [5.74, 6) is 0. The third-order valence-corrected chi connectivity index (χ3v) is 4.12. The van der Waals surface area contributed by atoms with Crippen LogP contribution in [0, 0.1) is 13.8 Å². The molecule has 2 rings (SSSR count). The van der Waals surface area contributed by atoms with Crippen LogP contribution in [-0.4, -0.2) is 11.5 Å². The normalized spacial score (nSPS) is 11.1. The molecule has 0 fully saturated rings. The van der Waals surface area contributed by atoms with Crippen LogP contribution in [0.4, 0.5) is 5.69 Å². The minimum absolute atomic E-state index is 0.654. The average Bonchev–Trinajstić information content (AvgIpc) is 2.36. The largest absolute Gasteiger partial charge is 0.384 e. The molecule has 0 aliphatic rings. The highest BCUT2D eigenvalue weighted by Gasteiger charge is 2.17. The Balaban J connectivity index is 2.97. The van der Waals surface area contributed by atoms with E-state index in [4.69, 9.17) is 23.2 Å². The van der Waals surface area contributed by atoms with Gasteiger partial charge in [-0.25, -0.2) is 0 Å². The van der Waals surface area contributed by atoms with E-state index in [1.54, 1.807) is 0 Å². The van der Waals surface area contributed by atoms with Crippen molar-refractivity contribution in [1.29, 1.82) is 0 Å². The summed E-state index contributed by atoms with van der Waals surface area (Å²) < 4.78 is 0. The van der Waals surface area contributed by atoms with Gasteiger partial charge in [-0.05, 0) is 44.4 Å². The Kier molecular flexibility index (Phi) is 4.22. The second-order valence-corrected chi connectivity index (χ2v) is 5.43. The van der Waals surface area contributed by atoms with Crippen molar-refractivity contribution < 1.29 is 0 Å². The fourth-order valence-electron chi connectivity index (χ4n) is 2.45. The van der Waals surface area contributed by atoms with Gasteiger partial charge in [-0.3, -0.25) is 4.98 Å². The predicted octanol–water partition coefficient (Wildman–Crippen LogP) is 5.15. The van der Waals surface area contributed by atoms with Crippen LogP contribution in [0.2, 0.25) is 10.0 Å². The molecule has 0 spiro atoms. The number of halogens is 2. The quantitative estimate of drug-likeness (QED) is 0.847. The van der Waals surface area contributed by atoms with Gasteiger partial charge in [0.15, 0.2) is 0 Å². The van der Waals surface area contributed by atoms with Crippen LogP contribution in [-0.2, 0) is 6.42 Å². The van der Waals surface area contributed by atoms with E-state index in [0.717, 1.165) is 45.8 Å². The van der Waals surface area contributed by atoms with Crippen molar-refractivity contribution in [3.05, 3.63) is 32.9 Å². The summed E-state index contributed by atoms with van der Waals surface area (Å²) in [4.78, 5) is 4.63. The highest BCUT2D eigenvalue weighted by molar-refractivity contribution is 6.41. The van der Waals surface area contributed by atoms with E-state index in [1.165, 1.54) is 5.56 Å². The summed E-state index contributed by atoms with van der Waals surface area (Å²) in [6, 6.07) is 1.88. The van der Waals surface area contributed by atoms with Crippen LogP contribution in [0.15, 0.2) is 6.07 Å². The minimum atomic E-state index is 0.654. The molecule has 0 aliphatic carbocycles. The molecule has 0 aliphatic heterocycles. The van der Waals surface area contributed by atoms with Gasteiger partial charge >= 0.3 is 0 Å². The molecule has 0 atom stereocenters. The van der Waals surface area contributed by atoms with Crippen LogP contribution in [0.5, 0.6) is 0 Å². The molecule has 0 saturated carbocycles. The molecule has 0 saturated heterocycles. The maximum Gasteiger partial charge on any atom is 0.0927 e. The van der Waals surface area contributed by atoms with E-state index in [-0.39, 0.29) is 0 Å². The molecule has 19 heavy (non-hydrogen) atoms. The lowest BCUT2D eigenvalue weighted by Crippen LogP contribution is -2.06.